The molecule has 1 aliphatic carbocycles. The number of guanidine groups is 1. The number of piperidine rings is 1. The Morgan fingerprint density at radius 2 is 1.93 bits per heavy atom. The number of aromatic nitrogens is 1. The number of nitrogens with zero attached hydrogens (tertiary/aromatic N) is 3. The van der Waals surface area contributed by atoms with Crippen LogP contribution in [-0.2, 0) is 11.8 Å². The minimum absolute atomic E-state index is 0.132. The first-order valence-corrected chi connectivity index (χ1v) is 11.5. The molecule has 1 aliphatic heterocycles. The average molecular weight is 392 g/mol. The van der Waals surface area contributed by atoms with Gasteiger partial charge in [-0.1, -0.05) is 33.6 Å². The highest BCUT2D eigenvalue weighted by atomic mass is 32.1. The van der Waals surface area contributed by atoms with Crippen LogP contribution in [0.3, 0.4) is 0 Å². The van der Waals surface area contributed by atoms with Gasteiger partial charge in [-0.15, -0.1) is 11.3 Å². The maximum Gasteiger partial charge on any atom is 0.191 e. The van der Waals surface area contributed by atoms with Crippen molar-refractivity contribution < 1.29 is 0 Å². The van der Waals surface area contributed by atoms with Crippen LogP contribution in [0.15, 0.2) is 10.4 Å². The first-order valence-electron chi connectivity index (χ1n) is 10.6. The van der Waals surface area contributed by atoms with E-state index >= 15 is 0 Å². The molecule has 5 nitrogen and oxygen atoms in total. The van der Waals surface area contributed by atoms with Crippen LogP contribution in [0.4, 0.5) is 0 Å². The smallest absolute Gasteiger partial charge is 0.191 e. The molecule has 1 saturated heterocycles. The normalized spacial score (nSPS) is 21.0. The second-order valence-electron chi connectivity index (χ2n) is 9.02. The summed E-state index contributed by atoms with van der Waals surface area (Å²) in [5, 5.41) is 10.5. The van der Waals surface area contributed by atoms with Crippen molar-refractivity contribution in [3.63, 3.8) is 0 Å². The maximum atomic E-state index is 4.78. The molecule has 0 atom stereocenters. The number of rotatable bonds is 5. The Hall–Kier alpha value is -1.14. The predicted molar refractivity (Wildman–Crippen MR) is 116 cm³/mol. The van der Waals surface area contributed by atoms with Crippen molar-refractivity contribution >= 4 is 17.3 Å². The summed E-state index contributed by atoms with van der Waals surface area (Å²) in [6, 6.07) is 1.40. The van der Waals surface area contributed by atoms with Crippen molar-refractivity contribution in [3.05, 3.63) is 16.1 Å². The van der Waals surface area contributed by atoms with Crippen LogP contribution < -0.4 is 10.6 Å². The SMILES string of the molecule is CN=C(NCCc1nc(C(C)(C)C)cs1)NC1CCN(C2CCCC2)CC1. The van der Waals surface area contributed by atoms with Crippen LogP contribution in [0.1, 0.15) is 70.0 Å². The van der Waals surface area contributed by atoms with Gasteiger partial charge in [0.05, 0.1) is 10.7 Å². The van der Waals surface area contributed by atoms with Crippen molar-refractivity contribution in [1.29, 1.82) is 0 Å². The maximum absolute atomic E-state index is 4.78. The third-order valence-electron chi connectivity index (χ3n) is 5.89. The minimum atomic E-state index is 0.132. The highest BCUT2D eigenvalue weighted by molar-refractivity contribution is 7.09. The second kappa shape index (κ2) is 9.37. The molecule has 2 fully saturated rings. The summed E-state index contributed by atoms with van der Waals surface area (Å²) >= 11 is 1.77. The monoisotopic (exact) mass is 391 g/mol. The molecule has 0 spiro atoms. The molecule has 1 aromatic heterocycles. The van der Waals surface area contributed by atoms with Crippen LogP contribution in [0.5, 0.6) is 0 Å². The molecular weight excluding hydrogens is 354 g/mol. The van der Waals surface area contributed by atoms with Gasteiger partial charge >= 0.3 is 0 Å². The summed E-state index contributed by atoms with van der Waals surface area (Å²) in [6.45, 7) is 9.98. The molecule has 1 saturated carbocycles. The number of nitrogens with one attached hydrogen (secondary N) is 2. The van der Waals surface area contributed by atoms with E-state index < -0.39 is 0 Å². The molecule has 2 heterocycles. The van der Waals surface area contributed by atoms with E-state index in [2.05, 4.69) is 46.7 Å². The fourth-order valence-corrected chi connectivity index (χ4v) is 5.15. The average Bonchev–Trinajstić information content (AvgIpc) is 3.33. The zero-order chi connectivity index (χ0) is 19.3. The summed E-state index contributed by atoms with van der Waals surface area (Å²) in [4.78, 5) is 11.9. The van der Waals surface area contributed by atoms with Crippen molar-refractivity contribution in [2.24, 2.45) is 4.99 Å². The highest BCUT2D eigenvalue weighted by Gasteiger charge is 2.27. The Balaban J connectivity index is 1.38. The van der Waals surface area contributed by atoms with Crippen LogP contribution in [0, 0.1) is 0 Å². The lowest BCUT2D eigenvalue weighted by Crippen LogP contribution is -2.50. The standard InChI is InChI=1S/C21H37N5S/c1-21(2,3)18-15-27-19(25-18)9-12-23-20(22-4)24-16-10-13-26(14-11-16)17-7-5-6-8-17/h15-17H,5-14H2,1-4H3,(H2,22,23,24). The fraction of sp³-hybridized carbons (Fsp3) is 0.810. The third-order valence-corrected chi connectivity index (χ3v) is 6.80. The Bertz CT molecular complexity index is 604. The summed E-state index contributed by atoms with van der Waals surface area (Å²) in [5.41, 5.74) is 1.33. The zero-order valence-electron chi connectivity index (χ0n) is 17.6. The van der Waals surface area contributed by atoms with Crippen molar-refractivity contribution in [2.45, 2.75) is 83.2 Å². The zero-order valence-corrected chi connectivity index (χ0v) is 18.4. The quantitative estimate of drug-likeness (QED) is 0.595. The van der Waals surface area contributed by atoms with Gasteiger partial charge in [-0.3, -0.25) is 4.99 Å². The van der Waals surface area contributed by atoms with E-state index in [4.69, 9.17) is 4.98 Å². The topological polar surface area (TPSA) is 52.6 Å². The number of hydrogen-bond acceptors (Lipinski definition) is 4. The van der Waals surface area contributed by atoms with Gasteiger partial charge in [-0.25, -0.2) is 4.98 Å². The Labute approximate surface area is 169 Å². The third kappa shape index (κ3) is 5.92. The van der Waals surface area contributed by atoms with Gasteiger partial charge in [0, 0.05) is 56.0 Å². The molecular formula is C21H37N5S. The van der Waals surface area contributed by atoms with Crippen LogP contribution in [-0.4, -0.2) is 54.6 Å². The van der Waals surface area contributed by atoms with E-state index in [-0.39, 0.29) is 5.41 Å². The van der Waals surface area contributed by atoms with Gasteiger partial charge in [0.25, 0.3) is 0 Å². The van der Waals surface area contributed by atoms with Gasteiger partial charge in [0.2, 0.25) is 0 Å². The number of likely N-dealkylation sites (tertiary alicyclic amines) is 1. The molecule has 0 aromatic carbocycles. The number of thiazole rings is 1. The first kappa shape index (κ1) is 20.6. The van der Waals surface area contributed by atoms with Gasteiger partial charge in [-0.2, -0.15) is 0 Å². The van der Waals surface area contributed by atoms with E-state index in [1.165, 1.54) is 62.3 Å². The Morgan fingerprint density at radius 1 is 1.22 bits per heavy atom. The summed E-state index contributed by atoms with van der Waals surface area (Å²) in [6.07, 6.45) is 9.06. The molecule has 0 radical (unpaired) electrons. The van der Waals surface area contributed by atoms with Gasteiger partial charge in [0.15, 0.2) is 5.96 Å². The van der Waals surface area contributed by atoms with E-state index in [1.54, 1.807) is 11.3 Å². The van der Waals surface area contributed by atoms with Gasteiger partial charge in [-0.05, 0) is 25.7 Å². The molecule has 2 aliphatic rings. The lowest BCUT2D eigenvalue weighted by atomic mass is 9.93. The van der Waals surface area contributed by atoms with E-state index in [1.807, 2.05) is 7.05 Å². The van der Waals surface area contributed by atoms with Crippen LogP contribution >= 0.6 is 11.3 Å². The first-order chi connectivity index (χ1) is 13.0. The lowest BCUT2D eigenvalue weighted by Gasteiger charge is -2.36. The number of aliphatic imine (C=N–C) groups is 1. The molecule has 27 heavy (non-hydrogen) atoms. The molecule has 0 bridgehead atoms. The van der Waals surface area contributed by atoms with Crippen LogP contribution in [0.2, 0.25) is 0 Å². The summed E-state index contributed by atoms with van der Waals surface area (Å²) in [7, 11) is 1.87. The predicted octanol–water partition coefficient (Wildman–Crippen LogP) is 3.56. The van der Waals surface area contributed by atoms with Crippen molar-refractivity contribution in [1.82, 2.24) is 20.5 Å². The largest absolute Gasteiger partial charge is 0.356 e. The van der Waals surface area contributed by atoms with Crippen LogP contribution in [0.25, 0.3) is 0 Å². The lowest BCUT2D eigenvalue weighted by molar-refractivity contribution is 0.150. The molecule has 152 valence electrons. The second-order valence-corrected chi connectivity index (χ2v) is 9.96. The van der Waals surface area contributed by atoms with Gasteiger partial charge < -0.3 is 15.5 Å². The van der Waals surface area contributed by atoms with Crippen molar-refractivity contribution in [3.8, 4) is 0 Å². The van der Waals surface area contributed by atoms with E-state index in [0.717, 1.165) is 25.0 Å². The fourth-order valence-electron chi connectivity index (χ4n) is 4.12. The summed E-state index contributed by atoms with van der Waals surface area (Å²) < 4.78 is 0. The molecule has 3 rings (SSSR count). The van der Waals surface area contributed by atoms with E-state index in [9.17, 15) is 0 Å². The minimum Gasteiger partial charge on any atom is -0.356 e. The van der Waals surface area contributed by atoms with Gasteiger partial charge in [0.1, 0.15) is 0 Å². The Kier molecular flexibility index (Phi) is 7.15. The van der Waals surface area contributed by atoms with E-state index in [0.29, 0.717) is 6.04 Å². The van der Waals surface area contributed by atoms with Crippen molar-refractivity contribution in [2.75, 3.05) is 26.7 Å². The molecule has 0 amide bonds. The molecule has 1 aromatic rings. The molecule has 6 heteroatoms. The molecule has 2 N–H and O–H groups in total. The molecule has 0 unspecified atom stereocenters. The Morgan fingerprint density at radius 3 is 2.52 bits per heavy atom. The highest BCUT2D eigenvalue weighted by Crippen LogP contribution is 2.26. The summed E-state index contributed by atoms with van der Waals surface area (Å²) in [5.74, 6) is 0.932. The number of hydrogen-bond donors (Lipinski definition) is 2.